The third kappa shape index (κ3) is 3.57. The molecule has 2 unspecified atom stereocenters. The molecule has 20 heavy (non-hydrogen) atoms. The summed E-state index contributed by atoms with van der Waals surface area (Å²) in [5.74, 6) is 0.383. The van der Waals surface area contributed by atoms with Gasteiger partial charge >= 0.3 is 6.03 Å². The van der Waals surface area contributed by atoms with Gasteiger partial charge in [0.25, 0.3) is 0 Å². The van der Waals surface area contributed by atoms with Crippen LogP contribution in [0.5, 0.6) is 0 Å². The minimum atomic E-state index is -0.159. The first-order valence-corrected chi connectivity index (χ1v) is 7.47. The summed E-state index contributed by atoms with van der Waals surface area (Å²) in [7, 11) is 1.81. The van der Waals surface area contributed by atoms with E-state index in [0.29, 0.717) is 28.2 Å². The van der Waals surface area contributed by atoms with E-state index in [1.165, 1.54) is 0 Å². The Morgan fingerprint density at radius 1 is 1.35 bits per heavy atom. The van der Waals surface area contributed by atoms with E-state index in [-0.39, 0.29) is 12.1 Å². The smallest absolute Gasteiger partial charge is 0.321 e. The topological polar surface area (TPSA) is 58.4 Å². The van der Waals surface area contributed by atoms with E-state index in [2.05, 4.69) is 5.32 Å². The summed E-state index contributed by atoms with van der Waals surface area (Å²) in [4.78, 5) is 14.0. The Morgan fingerprint density at radius 2 is 2.00 bits per heavy atom. The van der Waals surface area contributed by atoms with Gasteiger partial charge in [0.05, 0.1) is 0 Å². The highest BCUT2D eigenvalue weighted by atomic mass is 35.5. The molecule has 1 fully saturated rings. The fourth-order valence-electron chi connectivity index (χ4n) is 2.79. The Kier molecular flexibility index (Phi) is 5.13. The molecule has 0 heterocycles. The standard InChI is InChI=1S/C14H19Cl2N3O/c1-19(13-4-2-3-9(13)8-17)14(20)18-12-6-10(15)5-11(16)7-12/h5-7,9,13H,2-4,8,17H2,1H3,(H,18,20). The summed E-state index contributed by atoms with van der Waals surface area (Å²) in [6.07, 6.45) is 3.21. The van der Waals surface area contributed by atoms with Crippen molar-refractivity contribution in [1.29, 1.82) is 0 Å². The van der Waals surface area contributed by atoms with Crippen LogP contribution in [0.3, 0.4) is 0 Å². The van der Waals surface area contributed by atoms with Gasteiger partial charge in [0, 0.05) is 28.8 Å². The lowest BCUT2D eigenvalue weighted by molar-refractivity contribution is 0.190. The molecule has 0 radical (unpaired) electrons. The van der Waals surface area contributed by atoms with Crippen molar-refractivity contribution in [3.8, 4) is 0 Å². The largest absolute Gasteiger partial charge is 0.330 e. The minimum absolute atomic E-state index is 0.159. The highest BCUT2D eigenvalue weighted by Crippen LogP contribution is 2.29. The molecule has 3 N–H and O–H groups in total. The van der Waals surface area contributed by atoms with Gasteiger partial charge in [0.1, 0.15) is 0 Å². The van der Waals surface area contributed by atoms with Crippen LogP contribution in [0.15, 0.2) is 18.2 Å². The minimum Gasteiger partial charge on any atom is -0.330 e. The van der Waals surface area contributed by atoms with E-state index < -0.39 is 0 Å². The number of anilines is 1. The zero-order valence-electron chi connectivity index (χ0n) is 11.4. The van der Waals surface area contributed by atoms with Crippen LogP contribution in [-0.4, -0.2) is 30.6 Å². The van der Waals surface area contributed by atoms with Crippen molar-refractivity contribution in [3.05, 3.63) is 28.2 Å². The van der Waals surface area contributed by atoms with Crippen molar-refractivity contribution >= 4 is 34.9 Å². The van der Waals surface area contributed by atoms with Gasteiger partial charge in [-0.3, -0.25) is 0 Å². The molecule has 0 aromatic heterocycles. The van der Waals surface area contributed by atoms with E-state index in [1.807, 2.05) is 0 Å². The van der Waals surface area contributed by atoms with Gasteiger partial charge < -0.3 is 16.0 Å². The Morgan fingerprint density at radius 3 is 2.60 bits per heavy atom. The van der Waals surface area contributed by atoms with Crippen molar-refractivity contribution in [2.24, 2.45) is 11.7 Å². The molecule has 110 valence electrons. The maximum absolute atomic E-state index is 12.3. The molecule has 1 saturated carbocycles. The molecule has 1 aromatic carbocycles. The molecule has 1 aliphatic carbocycles. The van der Waals surface area contributed by atoms with E-state index in [9.17, 15) is 4.79 Å². The summed E-state index contributed by atoms with van der Waals surface area (Å²) >= 11 is 11.8. The molecule has 2 rings (SSSR count). The number of amides is 2. The fraction of sp³-hybridized carbons (Fsp3) is 0.500. The summed E-state index contributed by atoms with van der Waals surface area (Å²) < 4.78 is 0. The second kappa shape index (κ2) is 6.66. The van der Waals surface area contributed by atoms with Gasteiger partial charge in [0.15, 0.2) is 0 Å². The Bertz CT molecular complexity index is 475. The maximum atomic E-state index is 12.3. The zero-order valence-corrected chi connectivity index (χ0v) is 12.9. The van der Waals surface area contributed by atoms with Gasteiger partial charge in [0.2, 0.25) is 0 Å². The molecular weight excluding hydrogens is 297 g/mol. The van der Waals surface area contributed by atoms with Gasteiger partial charge in [-0.1, -0.05) is 29.6 Å². The van der Waals surface area contributed by atoms with Crippen LogP contribution < -0.4 is 11.1 Å². The van der Waals surface area contributed by atoms with Gasteiger partial charge in [-0.15, -0.1) is 0 Å². The number of nitrogens with zero attached hydrogens (tertiary/aromatic N) is 1. The van der Waals surface area contributed by atoms with Crippen LogP contribution >= 0.6 is 23.2 Å². The summed E-state index contributed by atoms with van der Waals surface area (Å²) in [6, 6.07) is 5.02. The normalized spacial score (nSPS) is 21.8. The lowest BCUT2D eigenvalue weighted by atomic mass is 10.0. The van der Waals surface area contributed by atoms with Gasteiger partial charge in [-0.2, -0.15) is 0 Å². The van der Waals surface area contributed by atoms with Crippen LogP contribution in [0.2, 0.25) is 10.0 Å². The van der Waals surface area contributed by atoms with Crippen molar-refractivity contribution < 1.29 is 4.79 Å². The summed E-state index contributed by atoms with van der Waals surface area (Å²) in [6.45, 7) is 0.616. The number of benzene rings is 1. The summed E-state index contributed by atoms with van der Waals surface area (Å²) in [5, 5.41) is 3.82. The number of rotatable bonds is 3. The first-order chi connectivity index (χ1) is 9.51. The second-order valence-corrected chi connectivity index (χ2v) is 6.07. The second-order valence-electron chi connectivity index (χ2n) is 5.19. The Balaban J connectivity index is 2.03. The molecule has 0 spiro atoms. The predicted molar refractivity (Wildman–Crippen MR) is 83.4 cm³/mol. The van der Waals surface area contributed by atoms with Crippen molar-refractivity contribution in [2.45, 2.75) is 25.3 Å². The van der Waals surface area contributed by atoms with Crippen LogP contribution in [0.25, 0.3) is 0 Å². The average molecular weight is 316 g/mol. The van der Waals surface area contributed by atoms with Crippen LogP contribution in [0, 0.1) is 5.92 Å². The highest BCUT2D eigenvalue weighted by Gasteiger charge is 2.31. The number of hydrogen-bond donors (Lipinski definition) is 2. The fourth-order valence-corrected chi connectivity index (χ4v) is 3.32. The molecule has 4 nitrogen and oxygen atoms in total. The molecule has 0 saturated heterocycles. The molecule has 0 bridgehead atoms. The number of hydrogen-bond acceptors (Lipinski definition) is 2. The lowest BCUT2D eigenvalue weighted by Gasteiger charge is -2.29. The summed E-state index contributed by atoms with van der Waals surface area (Å²) in [5.41, 5.74) is 6.36. The van der Waals surface area contributed by atoms with Crippen LogP contribution in [0.1, 0.15) is 19.3 Å². The Labute approximate surface area is 129 Å². The van der Waals surface area contributed by atoms with E-state index in [4.69, 9.17) is 28.9 Å². The quantitative estimate of drug-likeness (QED) is 0.895. The zero-order chi connectivity index (χ0) is 14.7. The number of carbonyl (C=O) groups excluding carboxylic acids is 1. The van der Waals surface area contributed by atoms with E-state index >= 15 is 0 Å². The number of carbonyl (C=O) groups is 1. The third-order valence-corrected chi connectivity index (χ3v) is 4.29. The number of nitrogens with two attached hydrogens (primary N) is 1. The SMILES string of the molecule is CN(C(=O)Nc1cc(Cl)cc(Cl)c1)C1CCCC1CN. The molecule has 2 atom stereocenters. The molecule has 2 amide bonds. The molecule has 1 aliphatic rings. The van der Waals surface area contributed by atoms with Gasteiger partial charge in [-0.05, 0) is 43.5 Å². The highest BCUT2D eigenvalue weighted by molar-refractivity contribution is 6.35. The number of nitrogens with one attached hydrogen (secondary N) is 1. The van der Waals surface area contributed by atoms with E-state index in [0.717, 1.165) is 19.3 Å². The van der Waals surface area contributed by atoms with E-state index in [1.54, 1.807) is 30.1 Å². The molecule has 1 aromatic rings. The maximum Gasteiger partial charge on any atom is 0.321 e. The number of halogens is 2. The van der Waals surface area contributed by atoms with Crippen molar-refractivity contribution in [1.82, 2.24) is 4.90 Å². The van der Waals surface area contributed by atoms with Crippen LogP contribution in [0.4, 0.5) is 10.5 Å². The molecule has 0 aliphatic heterocycles. The molecular formula is C14H19Cl2N3O. The number of urea groups is 1. The lowest BCUT2D eigenvalue weighted by Crippen LogP contribution is -2.43. The van der Waals surface area contributed by atoms with Crippen LogP contribution in [-0.2, 0) is 0 Å². The van der Waals surface area contributed by atoms with Crippen molar-refractivity contribution in [3.63, 3.8) is 0 Å². The third-order valence-electron chi connectivity index (χ3n) is 3.85. The Hall–Kier alpha value is -0.970. The van der Waals surface area contributed by atoms with Crippen molar-refractivity contribution in [2.75, 3.05) is 18.9 Å². The van der Waals surface area contributed by atoms with Gasteiger partial charge in [-0.25, -0.2) is 4.79 Å². The predicted octanol–water partition coefficient (Wildman–Crippen LogP) is 3.58. The monoisotopic (exact) mass is 315 g/mol. The molecule has 6 heteroatoms. The first kappa shape index (κ1) is 15.4. The average Bonchev–Trinajstić information content (AvgIpc) is 2.84. The first-order valence-electron chi connectivity index (χ1n) is 6.71.